The monoisotopic (exact) mass is 269 g/mol. The van der Waals surface area contributed by atoms with E-state index in [1.54, 1.807) is 0 Å². The molecule has 1 aliphatic heterocycles. The number of nitriles is 1. The lowest BCUT2D eigenvalue weighted by Crippen LogP contribution is -2.38. The van der Waals surface area contributed by atoms with Gasteiger partial charge < -0.3 is 10.6 Å². The van der Waals surface area contributed by atoms with E-state index in [9.17, 15) is 4.79 Å². The van der Waals surface area contributed by atoms with Gasteiger partial charge in [-0.3, -0.25) is 4.79 Å². The first kappa shape index (κ1) is 13.1. The number of nitrogens with one attached hydrogen (secondary N) is 2. The zero-order valence-corrected chi connectivity index (χ0v) is 11.5. The van der Waals surface area contributed by atoms with Gasteiger partial charge in [-0.2, -0.15) is 5.26 Å². The molecule has 0 bridgehead atoms. The summed E-state index contributed by atoms with van der Waals surface area (Å²) >= 11 is 0. The summed E-state index contributed by atoms with van der Waals surface area (Å²) < 4.78 is 0. The van der Waals surface area contributed by atoms with E-state index in [1.165, 1.54) is 5.56 Å². The van der Waals surface area contributed by atoms with E-state index in [2.05, 4.69) is 22.8 Å². The predicted molar refractivity (Wildman–Crippen MR) is 76.1 cm³/mol. The number of rotatable bonds is 2. The van der Waals surface area contributed by atoms with Crippen LogP contribution in [0.15, 0.2) is 18.2 Å². The van der Waals surface area contributed by atoms with E-state index in [0.29, 0.717) is 0 Å². The summed E-state index contributed by atoms with van der Waals surface area (Å²) in [4.78, 5) is 12.5. The molecule has 104 valence electrons. The van der Waals surface area contributed by atoms with Crippen LogP contribution < -0.4 is 10.6 Å². The molecule has 2 aliphatic rings. The van der Waals surface area contributed by atoms with Gasteiger partial charge in [-0.25, -0.2) is 0 Å². The highest BCUT2D eigenvalue weighted by Gasteiger charge is 2.29. The number of hydrogen-bond acceptors (Lipinski definition) is 3. The van der Waals surface area contributed by atoms with Crippen LogP contribution in [-0.2, 0) is 13.0 Å². The molecule has 20 heavy (non-hydrogen) atoms. The molecule has 0 spiro atoms. The Balaban J connectivity index is 1.79. The number of nitrogens with zero attached hydrogens (tertiary/aromatic N) is 1. The van der Waals surface area contributed by atoms with Crippen LogP contribution in [0.2, 0.25) is 0 Å². The van der Waals surface area contributed by atoms with Gasteiger partial charge in [-0.15, -0.1) is 0 Å². The van der Waals surface area contributed by atoms with Gasteiger partial charge in [0, 0.05) is 18.2 Å². The fourth-order valence-corrected chi connectivity index (χ4v) is 3.28. The summed E-state index contributed by atoms with van der Waals surface area (Å²) in [6.45, 7) is 1.75. The molecule has 0 saturated heterocycles. The third-order valence-corrected chi connectivity index (χ3v) is 4.38. The van der Waals surface area contributed by atoms with Crippen molar-refractivity contribution in [2.24, 2.45) is 5.92 Å². The van der Waals surface area contributed by atoms with Crippen molar-refractivity contribution in [3.8, 4) is 6.07 Å². The Morgan fingerprint density at radius 2 is 2.30 bits per heavy atom. The molecule has 2 atom stereocenters. The summed E-state index contributed by atoms with van der Waals surface area (Å²) in [6, 6.07) is 8.24. The molecule has 3 rings (SSSR count). The van der Waals surface area contributed by atoms with E-state index < -0.39 is 0 Å². The van der Waals surface area contributed by atoms with E-state index in [0.717, 1.165) is 49.9 Å². The van der Waals surface area contributed by atoms with Crippen molar-refractivity contribution in [1.82, 2.24) is 10.6 Å². The fourth-order valence-electron chi connectivity index (χ4n) is 3.28. The molecule has 0 radical (unpaired) electrons. The van der Waals surface area contributed by atoms with Crippen LogP contribution in [0, 0.1) is 17.2 Å². The predicted octanol–water partition coefficient (Wildman–Crippen LogP) is 1.75. The molecule has 2 unspecified atom stereocenters. The van der Waals surface area contributed by atoms with Crippen LogP contribution in [0.5, 0.6) is 0 Å². The Labute approximate surface area is 119 Å². The molecule has 4 heteroatoms. The number of amides is 1. The Bertz CT molecular complexity index is 561. The second-order valence-corrected chi connectivity index (χ2v) is 5.62. The van der Waals surface area contributed by atoms with Crippen LogP contribution in [0.4, 0.5) is 0 Å². The first-order chi connectivity index (χ1) is 9.79. The van der Waals surface area contributed by atoms with Crippen molar-refractivity contribution >= 4 is 5.91 Å². The molecule has 1 saturated carbocycles. The van der Waals surface area contributed by atoms with E-state index in [4.69, 9.17) is 5.26 Å². The zero-order valence-electron chi connectivity index (χ0n) is 11.5. The highest BCUT2D eigenvalue weighted by Crippen LogP contribution is 2.26. The summed E-state index contributed by atoms with van der Waals surface area (Å²) in [5, 5.41) is 15.5. The lowest BCUT2D eigenvalue weighted by Gasteiger charge is -2.21. The van der Waals surface area contributed by atoms with Gasteiger partial charge >= 0.3 is 0 Å². The molecule has 4 nitrogen and oxygen atoms in total. The minimum atomic E-state index is -0.0276. The highest BCUT2D eigenvalue weighted by atomic mass is 16.1. The van der Waals surface area contributed by atoms with Crippen molar-refractivity contribution < 1.29 is 4.79 Å². The highest BCUT2D eigenvalue weighted by molar-refractivity contribution is 5.96. The minimum Gasteiger partial charge on any atom is -0.348 e. The van der Waals surface area contributed by atoms with Crippen LogP contribution in [0.25, 0.3) is 0 Å². The van der Waals surface area contributed by atoms with E-state index >= 15 is 0 Å². The quantitative estimate of drug-likeness (QED) is 0.859. The number of benzene rings is 1. The largest absolute Gasteiger partial charge is 0.348 e. The summed E-state index contributed by atoms with van der Waals surface area (Å²) in [5.41, 5.74) is 3.16. The minimum absolute atomic E-state index is 0.0177. The normalized spacial score (nSPS) is 24.8. The van der Waals surface area contributed by atoms with Crippen molar-refractivity contribution in [3.63, 3.8) is 0 Å². The number of hydrogen-bond donors (Lipinski definition) is 2. The summed E-state index contributed by atoms with van der Waals surface area (Å²) in [5.74, 6) is -0.0453. The van der Waals surface area contributed by atoms with Crippen molar-refractivity contribution in [2.75, 3.05) is 6.54 Å². The maximum absolute atomic E-state index is 12.5. The van der Waals surface area contributed by atoms with Crippen LogP contribution in [-0.4, -0.2) is 18.5 Å². The SMILES string of the molecule is N#CC1CCCC1NC(=O)c1cccc2c1CCNC2. The van der Waals surface area contributed by atoms with Gasteiger partial charge in [-0.1, -0.05) is 12.1 Å². The van der Waals surface area contributed by atoms with Crippen molar-refractivity contribution in [3.05, 3.63) is 34.9 Å². The molecule has 1 fully saturated rings. The van der Waals surface area contributed by atoms with Gasteiger partial charge in [0.2, 0.25) is 0 Å². The molecule has 2 N–H and O–H groups in total. The number of carbonyl (C=O) groups excluding carboxylic acids is 1. The van der Waals surface area contributed by atoms with Gasteiger partial charge in [0.1, 0.15) is 0 Å². The first-order valence-corrected chi connectivity index (χ1v) is 7.31. The number of fused-ring (bicyclic) bond motifs is 1. The topological polar surface area (TPSA) is 64.9 Å². The van der Waals surface area contributed by atoms with Gasteiger partial charge in [0.15, 0.2) is 0 Å². The fraction of sp³-hybridized carbons (Fsp3) is 0.500. The number of carbonyl (C=O) groups is 1. The smallest absolute Gasteiger partial charge is 0.251 e. The van der Waals surface area contributed by atoms with Crippen LogP contribution in [0.3, 0.4) is 0 Å². The lowest BCUT2D eigenvalue weighted by atomic mass is 9.94. The molecule has 1 aliphatic carbocycles. The molecule has 1 heterocycles. The molecular formula is C16H19N3O. The first-order valence-electron chi connectivity index (χ1n) is 7.31. The average Bonchev–Trinajstić information content (AvgIpc) is 2.93. The van der Waals surface area contributed by atoms with E-state index in [1.807, 2.05) is 12.1 Å². The summed E-state index contributed by atoms with van der Waals surface area (Å²) in [6.07, 6.45) is 3.74. The third-order valence-electron chi connectivity index (χ3n) is 4.38. The Hall–Kier alpha value is -1.86. The summed E-state index contributed by atoms with van der Waals surface area (Å²) in [7, 11) is 0. The van der Waals surface area contributed by atoms with E-state index in [-0.39, 0.29) is 17.9 Å². The Morgan fingerprint density at radius 3 is 3.15 bits per heavy atom. The van der Waals surface area contributed by atoms with Crippen LogP contribution >= 0.6 is 0 Å². The molecule has 0 aromatic heterocycles. The second-order valence-electron chi connectivity index (χ2n) is 5.62. The Kier molecular flexibility index (Phi) is 3.70. The van der Waals surface area contributed by atoms with Gasteiger partial charge in [0.25, 0.3) is 5.91 Å². The molecular weight excluding hydrogens is 250 g/mol. The lowest BCUT2D eigenvalue weighted by molar-refractivity contribution is 0.0931. The zero-order chi connectivity index (χ0) is 13.9. The molecule has 1 aromatic rings. The molecule has 1 aromatic carbocycles. The van der Waals surface area contributed by atoms with Gasteiger partial charge in [-0.05, 0) is 49.4 Å². The standard InChI is InChI=1S/C16H19N3O/c17-9-11-3-2-6-15(11)19-16(20)14-5-1-4-12-10-18-8-7-13(12)14/h1,4-5,11,15,18H,2-3,6-8,10H2,(H,19,20). The third kappa shape index (κ3) is 2.41. The average molecular weight is 269 g/mol. The maximum Gasteiger partial charge on any atom is 0.251 e. The van der Waals surface area contributed by atoms with Crippen molar-refractivity contribution in [2.45, 2.75) is 38.3 Å². The Morgan fingerprint density at radius 1 is 1.40 bits per heavy atom. The second kappa shape index (κ2) is 5.64. The van der Waals surface area contributed by atoms with Crippen LogP contribution in [0.1, 0.15) is 40.7 Å². The molecule has 1 amide bonds. The van der Waals surface area contributed by atoms with Crippen molar-refractivity contribution in [1.29, 1.82) is 5.26 Å². The maximum atomic E-state index is 12.5. The van der Waals surface area contributed by atoms with Gasteiger partial charge in [0.05, 0.1) is 12.0 Å².